The van der Waals surface area contributed by atoms with Crippen LogP contribution in [0.4, 0.5) is 5.69 Å². The number of aromatic nitrogens is 1. The molecule has 5 nitrogen and oxygen atoms in total. The summed E-state index contributed by atoms with van der Waals surface area (Å²) in [6.07, 6.45) is 2.01. The van der Waals surface area contributed by atoms with E-state index in [1.807, 2.05) is 19.1 Å². The molecule has 2 aromatic carbocycles. The number of anilines is 1. The molecule has 1 fully saturated rings. The number of rotatable bonds is 4. The largest absolute Gasteiger partial charge is 0.324 e. The maximum Gasteiger partial charge on any atom is 0.241 e. The highest BCUT2D eigenvalue weighted by Crippen LogP contribution is 2.34. The van der Waals surface area contributed by atoms with Crippen molar-refractivity contribution >= 4 is 33.1 Å². The zero-order valence-electron chi connectivity index (χ0n) is 15.8. The molecule has 1 aliphatic rings. The summed E-state index contributed by atoms with van der Waals surface area (Å²) in [5, 5.41) is 13.3. The standard InChI is InChI=1S/C22H22N4OS/c1-15(21(27)24-18-7-3-2-6-17(18)14-23)26-12-10-16(11-13-26)22-25-19-8-4-5-9-20(19)28-22/h2-9,15-16H,10-13H2,1H3,(H,24,27). The first-order valence-electron chi connectivity index (χ1n) is 9.55. The van der Waals surface area contributed by atoms with Gasteiger partial charge in [-0.3, -0.25) is 9.69 Å². The summed E-state index contributed by atoms with van der Waals surface area (Å²) in [6, 6.07) is 17.3. The van der Waals surface area contributed by atoms with Crippen LogP contribution in [0, 0.1) is 11.3 Å². The summed E-state index contributed by atoms with van der Waals surface area (Å²) in [7, 11) is 0. The lowest BCUT2D eigenvalue weighted by Gasteiger charge is -2.34. The Morgan fingerprint density at radius 3 is 2.68 bits per heavy atom. The van der Waals surface area contributed by atoms with E-state index in [0.717, 1.165) is 31.4 Å². The molecule has 28 heavy (non-hydrogen) atoms. The van der Waals surface area contributed by atoms with Gasteiger partial charge in [-0.05, 0) is 57.1 Å². The Morgan fingerprint density at radius 2 is 1.93 bits per heavy atom. The average molecular weight is 391 g/mol. The third-order valence-corrected chi connectivity index (χ3v) is 6.62. The van der Waals surface area contributed by atoms with Crippen LogP contribution in [0.2, 0.25) is 0 Å². The molecule has 1 aliphatic heterocycles. The van der Waals surface area contributed by atoms with Crippen molar-refractivity contribution in [1.29, 1.82) is 5.26 Å². The fourth-order valence-corrected chi connectivity index (χ4v) is 4.83. The second-order valence-corrected chi connectivity index (χ2v) is 8.21. The van der Waals surface area contributed by atoms with Crippen LogP contribution in [0.3, 0.4) is 0 Å². The van der Waals surface area contributed by atoms with Crippen LogP contribution in [0.5, 0.6) is 0 Å². The Hall–Kier alpha value is -2.75. The van der Waals surface area contributed by atoms with Crippen LogP contribution >= 0.6 is 11.3 Å². The van der Waals surface area contributed by atoms with Crippen LogP contribution < -0.4 is 5.32 Å². The minimum absolute atomic E-state index is 0.0684. The van der Waals surface area contributed by atoms with Crippen LogP contribution in [0.1, 0.15) is 36.3 Å². The molecular formula is C22H22N4OS. The van der Waals surface area contributed by atoms with Gasteiger partial charge < -0.3 is 5.32 Å². The molecule has 0 bridgehead atoms. The van der Waals surface area contributed by atoms with Crippen molar-refractivity contribution in [3.05, 3.63) is 59.1 Å². The number of thiazole rings is 1. The molecule has 0 aliphatic carbocycles. The highest BCUT2D eigenvalue weighted by molar-refractivity contribution is 7.18. The Morgan fingerprint density at radius 1 is 1.21 bits per heavy atom. The summed E-state index contributed by atoms with van der Waals surface area (Å²) in [6.45, 7) is 3.67. The van der Waals surface area contributed by atoms with Gasteiger partial charge in [0.1, 0.15) is 6.07 Å². The highest BCUT2D eigenvalue weighted by Gasteiger charge is 2.29. The van der Waals surface area contributed by atoms with Crippen molar-refractivity contribution in [3.63, 3.8) is 0 Å². The minimum Gasteiger partial charge on any atom is -0.324 e. The van der Waals surface area contributed by atoms with Crippen LogP contribution in [0.15, 0.2) is 48.5 Å². The molecule has 1 amide bonds. The number of piperidine rings is 1. The molecule has 1 aromatic heterocycles. The van der Waals surface area contributed by atoms with Crippen molar-refractivity contribution in [3.8, 4) is 6.07 Å². The van der Waals surface area contributed by atoms with Gasteiger partial charge in [0.2, 0.25) is 5.91 Å². The van der Waals surface area contributed by atoms with Crippen molar-refractivity contribution in [1.82, 2.24) is 9.88 Å². The van der Waals surface area contributed by atoms with Gasteiger partial charge in [0, 0.05) is 5.92 Å². The van der Waals surface area contributed by atoms with E-state index >= 15 is 0 Å². The van der Waals surface area contributed by atoms with Gasteiger partial charge in [-0.25, -0.2) is 4.98 Å². The Kier molecular flexibility index (Phi) is 5.38. The normalized spacial score (nSPS) is 16.6. The zero-order valence-corrected chi connectivity index (χ0v) is 16.6. The predicted molar refractivity (Wildman–Crippen MR) is 112 cm³/mol. The fourth-order valence-electron chi connectivity index (χ4n) is 3.69. The molecule has 0 saturated carbocycles. The number of hydrogen-bond acceptors (Lipinski definition) is 5. The molecule has 6 heteroatoms. The summed E-state index contributed by atoms with van der Waals surface area (Å²) >= 11 is 1.79. The minimum atomic E-state index is -0.233. The number of hydrogen-bond donors (Lipinski definition) is 1. The second-order valence-electron chi connectivity index (χ2n) is 7.15. The van der Waals surface area contributed by atoms with E-state index in [1.54, 1.807) is 29.5 Å². The van der Waals surface area contributed by atoms with E-state index in [4.69, 9.17) is 4.98 Å². The Bertz CT molecular complexity index is 997. The number of nitrogens with zero attached hydrogens (tertiary/aromatic N) is 3. The first kappa shape index (κ1) is 18.6. The molecule has 1 unspecified atom stereocenters. The number of nitrogens with one attached hydrogen (secondary N) is 1. The smallest absolute Gasteiger partial charge is 0.241 e. The molecule has 0 spiro atoms. The number of likely N-dealkylation sites (tertiary alicyclic amines) is 1. The lowest BCUT2D eigenvalue weighted by molar-refractivity contribution is -0.121. The lowest BCUT2D eigenvalue weighted by Crippen LogP contribution is -2.45. The van der Waals surface area contributed by atoms with Crippen molar-refractivity contribution in [2.75, 3.05) is 18.4 Å². The summed E-state index contributed by atoms with van der Waals surface area (Å²) in [5.74, 6) is 0.393. The highest BCUT2D eigenvalue weighted by atomic mass is 32.1. The molecule has 3 aromatic rings. The number of carbonyl (C=O) groups is 1. The number of nitriles is 1. The summed E-state index contributed by atoms with van der Waals surface area (Å²) in [4.78, 5) is 19.7. The molecule has 0 radical (unpaired) electrons. The average Bonchev–Trinajstić information content (AvgIpc) is 3.18. The first-order valence-corrected chi connectivity index (χ1v) is 10.4. The number of amides is 1. The monoisotopic (exact) mass is 390 g/mol. The van der Waals surface area contributed by atoms with E-state index in [2.05, 4.69) is 34.5 Å². The van der Waals surface area contributed by atoms with Gasteiger partial charge in [0.15, 0.2) is 0 Å². The second kappa shape index (κ2) is 8.09. The van der Waals surface area contributed by atoms with E-state index in [0.29, 0.717) is 17.2 Å². The molecule has 2 heterocycles. The van der Waals surface area contributed by atoms with E-state index in [9.17, 15) is 10.1 Å². The van der Waals surface area contributed by atoms with Crippen molar-refractivity contribution in [2.24, 2.45) is 0 Å². The fraction of sp³-hybridized carbons (Fsp3) is 0.318. The maximum absolute atomic E-state index is 12.7. The number of benzene rings is 2. The van der Waals surface area contributed by atoms with Crippen LogP contribution in [0.25, 0.3) is 10.2 Å². The summed E-state index contributed by atoms with van der Waals surface area (Å²) < 4.78 is 1.24. The van der Waals surface area contributed by atoms with Gasteiger partial charge in [-0.1, -0.05) is 24.3 Å². The number of para-hydroxylation sites is 2. The third kappa shape index (κ3) is 3.77. The first-order chi connectivity index (χ1) is 13.7. The number of fused-ring (bicyclic) bond motifs is 1. The Balaban J connectivity index is 1.37. The SMILES string of the molecule is CC(C(=O)Nc1ccccc1C#N)N1CCC(c2nc3ccccc3s2)CC1. The molecule has 1 N–H and O–H groups in total. The molecule has 1 atom stereocenters. The quantitative estimate of drug-likeness (QED) is 0.718. The molecule has 4 rings (SSSR count). The predicted octanol–water partition coefficient (Wildman–Crippen LogP) is 4.37. The molecule has 1 saturated heterocycles. The van der Waals surface area contributed by atoms with Gasteiger partial charge in [-0.15, -0.1) is 11.3 Å². The molecular weight excluding hydrogens is 368 g/mol. The molecule has 142 valence electrons. The maximum atomic E-state index is 12.7. The Labute approximate surface area is 168 Å². The zero-order chi connectivity index (χ0) is 19.5. The third-order valence-electron chi connectivity index (χ3n) is 5.42. The van der Waals surface area contributed by atoms with Crippen LogP contribution in [-0.2, 0) is 4.79 Å². The van der Waals surface area contributed by atoms with Gasteiger partial charge in [0.05, 0.1) is 32.5 Å². The van der Waals surface area contributed by atoms with Gasteiger partial charge in [-0.2, -0.15) is 5.26 Å². The van der Waals surface area contributed by atoms with Gasteiger partial charge >= 0.3 is 0 Å². The van der Waals surface area contributed by atoms with Gasteiger partial charge in [0.25, 0.3) is 0 Å². The summed E-state index contributed by atoms with van der Waals surface area (Å²) in [5.41, 5.74) is 2.14. The lowest BCUT2D eigenvalue weighted by atomic mass is 9.96. The topological polar surface area (TPSA) is 69.0 Å². The number of carbonyl (C=O) groups excluding carboxylic acids is 1. The van der Waals surface area contributed by atoms with Crippen LogP contribution in [-0.4, -0.2) is 34.9 Å². The van der Waals surface area contributed by atoms with E-state index in [1.165, 1.54) is 9.71 Å². The van der Waals surface area contributed by atoms with E-state index < -0.39 is 0 Å². The van der Waals surface area contributed by atoms with Crippen molar-refractivity contribution in [2.45, 2.75) is 31.7 Å². The van der Waals surface area contributed by atoms with E-state index in [-0.39, 0.29) is 11.9 Å². The van der Waals surface area contributed by atoms with Crippen molar-refractivity contribution < 1.29 is 4.79 Å².